The molecule has 0 spiro atoms. The number of benzene rings is 1. The molecule has 0 aliphatic rings. The molecule has 0 aromatic heterocycles. The summed E-state index contributed by atoms with van der Waals surface area (Å²) in [5.41, 5.74) is 1.08. The summed E-state index contributed by atoms with van der Waals surface area (Å²) in [5.74, 6) is 0. The van der Waals surface area contributed by atoms with Gasteiger partial charge in [-0.2, -0.15) is 0 Å². The molecule has 0 unspecified atom stereocenters. The second-order valence-electron chi connectivity index (χ2n) is 4.21. The maximum absolute atomic E-state index is 5.96. The standard InChI is InChI=1S/C12H16Cl2N2S/c1-8(2)15-12(17)16(3)7-9-4-5-10(13)11(14)6-9/h4-6,8H,7H2,1-3H3,(H,15,17). The monoisotopic (exact) mass is 290 g/mol. The van der Waals surface area contributed by atoms with Gasteiger partial charge in [-0.1, -0.05) is 29.3 Å². The first-order valence-electron chi connectivity index (χ1n) is 5.35. The van der Waals surface area contributed by atoms with Gasteiger partial charge < -0.3 is 10.2 Å². The molecule has 0 radical (unpaired) electrons. The summed E-state index contributed by atoms with van der Waals surface area (Å²) >= 11 is 17.1. The molecular weight excluding hydrogens is 275 g/mol. The highest BCUT2D eigenvalue weighted by Crippen LogP contribution is 2.23. The van der Waals surface area contributed by atoms with Gasteiger partial charge in [0, 0.05) is 19.6 Å². The molecule has 0 heterocycles. The summed E-state index contributed by atoms with van der Waals surface area (Å²) in [6.45, 7) is 4.81. The van der Waals surface area contributed by atoms with Crippen molar-refractivity contribution in [1.82, 2.24) is 10.2 Å². The van der Waals surface area contributed by atoms with Crippen molar-refractivity contribution in [2.75, 3.05) is 7.05 Å². The lowest BCUT2D eigenvalue weighted by atomic mass is 10.2. The number of hydrogen-bond acceptors (Lipinski definition) is 1. The fourth-order valence-corrected chi connectivity index (χ4v) is 1.96. The Balaban J connectivity index is 2.64. The van der Waals surface area contributed by atoms with Gasteiger partial charge in [-0.05, 0) is 43.8 Å². The lowest BCUT2D eigenvalue weighted by Crippen LogP contribution is -2.40. The molecule has 0 aliphatic heterocycles. The van der Waals surface area contributed by atoms with E-state index in [1.165, 1.54) is 0 Å². The van der Waals surface area contributed by atoms with E-state index in [0.717, 1.165) is 10.7 Å². The maximum atomic E-state index is 5.96. The van der Waals surface area contributed by atoms with Gasteiger partial charge >= 0.3 is 0 Å². The predicted molar refractivity (Wildman–Crippen MR) is 78.8 cm³/mol. The Morgan fingerprint density at radius 3 is 2.53 bits per heavy atom. The van der Waals surface area contributed by atoms with Crippen LogP contribution in [0.1, 0.15) is 19.4 Å². The number of rotatable bonds is 3. The molecule has 0 saturated heterocycles. The van der Waals surface area contributed by atoms with E-state index in [1.807, 2.05) is 24.1 Å². The highest BCUT2D eigenvalue weighted by Gasteiger charge is 2.07. The average molecular weight is 291 g/mol. The van der Waals surface area contributed by atoms with Crippen molar-refractivity contribution in [1.29, 1.82) is 0 Å². The predicted octanol–water partition coefficient (Wildman–Crippen LogP) is 3.71. The Morgan fingerprint density at radius 1 is 1.35 bits per heavy atom. The molecule has 0 fully saturated rings. The number of nitrogens with zero attached hydrogens (tertiary/aromatic N) is 1. The van der Waals surface area contributed by atoms with Crippen LogP contribution in [-0.2, 0) is 6.54 Å². The SMILES string of the molecule is CC(C)NC(=S)N(C)Cc1ccc(Cl)c(Cl)c1. The van der Waals surface area contributed by atoms with Crippen molar-refractivity contribution >= 4 is 40.5 Å². The highest BCUT2D eigenvalue weighted by atomic mass is 35.5. The molecule has 1 aromatic rings. The smallest absolute Gasteiger partial charge is 0.169 e. The molecule has 0 amide bonds. The summed E-state index contributed by atoms with van der Waals surface area (Å²) in [6, 6.07) is 5.94. The van der Waals surface area contributed by atoms with Crippen LogP contribution in [0, 0.1) is 0 Å². The van der Waals surface area contributed by atoms with E-state index in [0.29, 0.717) is 22.6 Å². The summed E-state index contributed by atoms with van der Waals surface area (Å²) in [6.07, 6.45) is 0. The summed E-state index contributed by atoms with van der Waals surface area (Å²) in [4.78, 5) is 1.97. The van der Waals surface area contributed by atoms with Gasteiger partial charge in [0.1, 0.15) is 0 Å². The number of thiocarbonyl (C=S) groups is 1. The minimum Gasteiger partial charge on any atom is -0.360 e. The van der Waals surface area contributed by atoms with Gasteiger partial charge in [-0.15, -0.1) is 0 Å². The topological polar surface area (TPSA) is 15.3 Å². The lowest BCUT2D eigenvalue weighted by molar-refractivity contribution is 0.481. The van der Waals surface area contributed by atoms with Crippen molar-refractivity contribution < 1.29 is 0 Å². The van der Waals surface area contributed by atoms with E-state index in [1.54, 1.807) is 6.07 Å². The van der Waals surface area contributed by atoms with Crippen LogP contribution in [0.4, 0.5) is 0 Å². The summed E-state index contributed by atoms with van der Waals surface area (Å²) in [7, 11) is 1.94. The molecule has 2 nitrogen and oxygen atoms in total. The summed E-state index contributed by atoms with van der Waals surface area (Å²) in [5, 5.41) is 5.05. The first kappa shape index (κ1) is 14.6. The Labute approximate surface area is 118 Å². The zero-order valence-electron chi connectivity index (χ0n) is 10.1. The van der Waals surface area contributed by atoms with Gasteiger partial charge in [0.2, 0.25) is 0 Å². The normalized spacial score (nSPS) is 10.5. The third kappa shape index (κ3) is 4.70. The fourth-order valence-electron chi connectivity index (χ4n) is 1.34. The Bertz CT molecular complexity index is 407. The Kier molecular flexibility index (Phi) is 5.50. The molecule has 0 bridgehead atoms. The minimum atomic E-state index is 0.332. The van der Waals surface area contributed by atoms with Crippen molar-refractivity contribution in [2.24, 2.45) is 0 Å². The summed E-state index contributed by atoms with van der Waals surface area (Å²) < 4.78 is 0. The van der Waals surface area contributed by atoms with Crippen molar-refractivity contribution in [3.8, 4) is 0 Å². The van der Waals surface area contributed by atoms with Crippen LogP contribution in [0.25, 0.3) is 0 Å². The van der Waals surface area contributed by atoms with E-state index >= 15 is 0 Å². The van der Waals surface area contributed by atoms with Crippen LogP contribution in [-0.4, -0.2) is 23.1 Å². The molecule has 94 valence electrons. The molecule has 1 rings (SSSR count). The first-order chi connectivity index (χ1) is 7.90. The van der Waals surface area contributed by atoms with Crippen LogP contribution in [0.15, 0.2) is 18.2 Å². The quantitative estimate of drug-likeness (QED) is 0.855. The molecule has 0 saturated carbocycles. The van der Waals surface area contributed by atoms with Gasteiger partial charge in [0.15, 0.2) is 5.11 Å². The van der Waals surface area contributed by atoms with E-state index in [-0.39, 0.29) is 0 Å². The molecule has 1 N–H and O–H groups in total. The Morgan fingerprint density at radius 2 is 2.00 bits per heavy atom. The van der Waals surface area contributed by atoms with E-state index in [2.05, 4.69) is 19.2 Å². The van der Waals surface area contributed by atoms with Gasteiger partial charge in [0.25, 0.3) is 0 Å². The van der Waals surface area contributed by atoms with Crippen LogP contribution in [0.5, 0.6) is 0 Å². The second-order valence-corrected chi connectivity index (χ2v) is 5.41. The minimum absolute atomic E-state index is 0.332. The van der Waals surface area contributed by atoms with Crippen molar-refractivity contribution in [3.63, 3.8) is 0 Å². The Hall–Kier alpha value is -0.510. The third-order valence-corrected chi connectivity index (χ3v) is 3.33. The van der Waals surface area contributed by atoms with Gasteiger partial charge in [-0.3, -0.25) is 0 Å². The highest BCUT2D eigenvalue weighted by molar-refractivity contribution is 7.80. The lowest BCUT2D eigenvalue weighted by Gasteiger charge is -2.23. The molecule has 0 atom stereocenters. The second kappa shape index (κ2) is 6.43. The van der Waals surface area contributed by atoms with Crippen LogP contribution < -0.4 is 5.32 Å². The number of halogens is 2. The van der Waals surface area contributed by atoms with Gasteiger partial charge in [-0.25, -0.2) is 0 Å². The third-order valence-electron chi connectivity index (χ3n) is 2.16. The maximum Gasteiger partial charge on any atom is 0.169 e. The average Bonchev–Trinajstić information content (AvgIpc) is 2.22. The van der Waals surface area contributed by atoms with Crippen LogP contribution >= 0.6 is 35.4 Å². The van der Waals surface area contributed by atoms with Crippen LogP contribution in [0.3, 0.4) is 0 Å². The zero-order chi connectivity index (χ0) is 13.0. The van der Waals surface area contributed by atoms with Gasteiger partial charge in [0.05, 0.1) is 10.0 Å². The largest absolute Gasteiger partial charge is 0.360 e. The van der Waals surface area contributed by atoms with Crippen molar-refractivity contribution in [3.05, 3.63) is 33.8 Å². The van der Waals surface area contributed by atoms with Crippen LogP contribution in [0.2, 0.25) is 10.0 Å². The van der Waals surface area contributed by atoms with E-state index in [9.17, 15) is 0 Å². The molecule has 5 heteroatoms. The number of hydrogen-bond donors (Lipinski definition) is 1. The molecular formula is C12H16Cl2N2S. The fraction of sp³-hybridized carbons (Fsp3) is 0.417. The molecule has 1 aromatic carbocycles. The number of nitrogens with one attached hydrogen (secondary N) is 1. The molecule has 17 heavy (non-hydrogen) atoms. The van der Waals surface area contributed by atoms with E-state index in [4.69, 9.17) is 35.4 Å². The van der Waals surface area contributed by atoms with E-state index < -0.39 is 0 Å². The molecule has 0 aliphatic carbocycles. The first-order valence-corrected chi connectivity index (χ1v) is 6.52. The van der Waals surface area contributed by atoms with Crippen molar-refractivity contribution in [2.45, 2.75) is 26.4 Å². The zero-order valence-corrected chi connectivity index (χ0v) is 12.5.